The van der Waals surface area contributed by atoms with Gasteiger partial charge in [-0.3, -0.25) is 0 Å². The highest BCUT2D eigenvalue weighted by Gasteiger charge is 2.20. The van der Waals surface area contributed by atoms with Crippen LogP contribution in [-0.2, 0) is 13.0 Å². The third-order valence-corrected chi connectivity index (χ3v) is 4.08. The van der Waals surface area contributed by atoms with E-state index in [1.165, 1.54) is 11.1 Å². The maximum atomic E-state index is 5.76. The highest BCUT2D eigenvalue weighted by atomic mass is 16.5. The standard InChI is InChI=1S/C19H24N2O2/c1-4-22-17-11-15-9-10-21(19-8-6-7-14(3)20-19)13-16(15)12-18(17)23-5-2/h6-8,11-12H,4-5,9-10,13H2,1-3H3. The number of aromatic nitrogens is 1. The number of pyridine rings is 1. The molecule has 0 atom stereocenters. The van der Waals surface area contributed by atoms with E-state index in [0.717, 1.165) is 42.5 Å². The summed E-state index contributed by atoms with van der Waals surface area (Å²) in [5.74, 6) is 2.74. The molecule has 0 saturated carbocycles. The highest BCUT2D eigenvalue weighted by molar-refractivity contribution is 5.52. The van der Waals surface area contributed by atoms with Gasteiger partial charge in [0.05, 0.1) is 13.2 Å². The van der Waals surface area contributed by atoms with Crippen molar-refractivity contribution < 1.29 is 9.47 Å². The molecule has 0 unspecified atom stereocenters. The fourth-order valence-electron chi connectivity index (χ4n) is 3.00. The van der Waals surface area contributed by atoms with Crippen molar-refractivity contribution >= 4 is 5.82 Å². The molecule has 4 nitrogen and oxygen atoms in total. The van der Waals surface area contributed by atoms with Crippen molar-refractivity contribution in [2.45, 2.75) is 33.7 Å². The van der Waals surface area contributed by atoms with E-state index < -0.39 is 0 Å². The minimum atomic E-state index is 0.641. The summed E-state index contributed by atoms with van der Waals surface area (Å²) >= 11 is 0. The number of benzene rings is 1. The molecule has 1 aromatic carbocycles. The van der Waals surface area contributed by atoms with Crippen molar-refractivity contribution in [2.75, 3.05) is 24.7 Å². The summed E-state index contributed by atoms with van der Waals surface area (Å²) in [6.45, 7) is 9.16. The maximum Gasteiger partial charge on any atom is 0.161 e. The van der Waals surface area contributed by atoms with Crippen LogP contribution in [0.3, 0.4) is 0 Å². The van der Waals surface area contributed by atoms with Crippen LogP contribution in [0.4, 0.5) is 5.82 Å². The molecule has 0 saturated heterocycles. The molecule has 0 bridgehead atoms. The molecule has 23 heavy (non-hydrogen) atoms. The van der Waals surface area contributed by atoms with Crippen LogP contribution in [0.25, 0.3) is 0 Å². The second-order valence-electron chi connectivity index (χ2n) is 5.74. The van der Waals surface area contributed by atoms with Gasteiger partial charge in [0.1, 0.15) is 5.82 Å². The number of rotatable bonds is 5. The van der Waals surface area contributed by atoms with E-state index in [0.29, 0.717) is 13.2 Å². The summed E-state index contributed by atoms with van der Waals surface area (Å²) in [6, 6.07) is 10.5. The van der Waals surface area contributed by atoms with Gasteiger partial charge in [-0.2, -0.15) is 0 Å². The molecular weight excluding hydrogens is 288 g/mol. The van der Waals surface area contributed by atoms with Gasteiger partial charge >= 0.3 is 0 Å². The van der Waals surface area contributed by atoms with Crippen molar-refractivity contribution in [1.82, 2.24) is 4.98 Å². The Morgan fingerprint density at radius 1 is 1.04 bits per heavy atom. The molecule has 0 radical (unpaired) electrons. The van der Waals surface area contributed by atoms with Gasteiger partial charge in [-0.25, -0.2) is 4.98 Å². The van der Waals surface area contributed by atoms with Crippen molar-refractivity contribution in [2.24, 2.45) is 0 Å². The number of aryl methyl sites for hydroxylation is 1. The second kappa shape index (κ2) is 6.90. The Labute approximate surface area is 138 Å². The summed E-state index contributed by atoms with van der Waals surface area (Å²) in [5, 5.41) is 0. The zero-order chi connectivity index (χ0) is 16.2. The lowest BCUT2D eigenvalue weighted by Gasteiger charge is -2.30. The number of ether oxygens (including phenoxy) is 2. The maximum absolute atomic E-state index is 5.76. The van der Waals surface area contributed by atoms with Gasteiger partial charge < -0.3 is 14.4 Å². The first-order valence-corrected chi connectivity index (χ1v) is 8.31. The Bertz CT molecular complexity index is 685. The first kappa shape index (κ1) is 15.7. The summed E-state index contributed by atoms with van der Waals surface area (Å²) in [4.78, 5) is 6.97. The van der Waals surface area contributed by atoms with Gasteiger partial charge in [-0.05, 0) is 62.6 Å². The molecule has 3 rings (SSSR count). The number of nitrogens with zero attached hydrogens (tertiary/aromatic N) is 2. The average molecular weight is 312 g/mol. The van der Waals surface area contributed by atoms with E-state index >= 15 is 0 Å². The fourth-order valence-corrected chi connectivity index (χ4v) is 3.00. The smallest absolute Gasteiger partial charge is 0.161 e. The molecule has 0 N–H and O–H groups in total. The quantitative estimate of drug-likeness (QED) is 0.842. The molecule has 122 valence electrons. The molecule has 2 heterocycles. The summed E-state index contributed by atoms with van der Waals surface area (Å²) < 4.78 is 11.5. The zero-order valence-electron chi connectivity index (χ0n) is 14.1. The zero-order valence-corrected chi connectivity index (χ0v) is 14.1. The third-order valence-electron chi connectivity index (χ3n) is 4.08. The first-order chi connectivity index (χ1) is 11.2. The Balaban J connectivity index is 1.89. The molecule has 0 amide bonds. The molecule has 0 fully saturated rings. The van der Waals surface area contributed by atoms with Crippen molar-refractivity contribution in [3.8, 4) is 11.5 Å². The largest absolute Gasteiger partial charge is 0.490 e. The minimum Gasteiger partial charge on any atom is -0.490 e. The Morgan fingerprint density at radius 2 is 1.74 bits per heavy atom. The number of anilines is 1. The molecule has 2 aromatic rings. The van der Waals surface area contributed by atoms with Crippen LogP contribution >= 0.6 is 0 Å². The SMILES string of the molecule is CCOc1cc2c(cc1OCC)CN(c1cccc(C)n1)CC2. The van der Waals surface area contributed by atoms with E-state index in [9.17, 15) is 0 Å². The number of hydrogen-bond donors (Lipinski definition) is 0. The van der Waals surface area contributed by atoms with Crippen molar-refractivity contribution in [3.63, 3.8) is 0 Å². The minimum absolute atomic E-state index is 0.641. The topological polar surface area (TPSA) is 34.6 Å². The van der Waals surface area contributed by atoms with Crippen LogP contribution < -0.4 is 14.4 Å². The van der Waals surface area contributed by atoms with Crippen molar-refractivity contribution in [3.05, 3.63) is 47.2 Å². The van der Waals surface area contributed by atoms with E-state index in [1.54, 1.807) is 0 Å². The number of hydrogen-bond acceptors (Lipinski definition) is 4. The fraction of sp³-hybridized carbons (Fsp3) is 0.421. The van der Waals surface area contributed by atoms with Gasteiger partial charge in [0.15, 0.2) is 11.5 Å². The molecule has 0 aliphatic carbocycles. The molecule has 0 spiro atoms. The number of fused-ring (bicyclic) bond motifs is 1. The van der Waals surface area contributed by atoms with Crippen LogP contribution in [0.5, 0.6) is 11.5 Å². The van der Waals surface area contributed by atoms with Crippen LogP contribution in [0.15, 0.2) is 30.3 Å². The second-order valence-corrected chi connectivity index (χ2v) is 5.74. The van der Waals surface area contributed by atoms with Gasteiger partial charge in [0.25, 0.3) is 0 Å². The van der Waals surface area contributed by atoms with Gasteiger partial charge in [-0.15, -0.1) is 0 Å². The van der Waals surface area contributed by atoms with Crippen LogP contribution in [0, 0.1) is 6.92 Å². The summed E-state index contributed by atoms with van der Waals surface area (Å²) in [7, 11) is 0. The van der Waals surface area contributed by atoms with Crippen LogP contribution in [0.2, 0.25) is 0 Å². The van der Waals surface area contributed by atoms with E-state index in [4.69, 9.17) is 9.47 Å². The lowest BCUT2D eigenvalue weighted by molar-refractivity contribution is 0.287. The van der Waals surface area contributed by atoms with Crippen LogP contribution in [-0.4, -0.2) is 24.7 Å². The Kier molecular flexibility index (Phi) is 4.70. The van der Waals surface area contributed by atoms with Gasteiger partial charge in [0.2, 0.25) is 0 Å². The predicted molar refractivity (Wildman–Crippen MR) is 92.5 cm³/mol. The molecule has 4 heteroatoms. The normalized spacial score (nSPS) is 13.6. The molecule has 1 aliphatic rings. The van der Waals surface area contributed by atoms with Crippen molar-refractivity contribution in [1.29, 1.82) is 0 Å². The molecular formula is C19H24N2O2. The lowest BCUT2D eigenvalue weighted by Crippen LogP contribution is -2.31. The summed E-state index contributed by atoms with van der Waals surface area (Å²) in [5.41, 5.74) is 3.70. The molecule has 1 aliphatic heterocycles. The van der Waals surface area contributed by atoms with Gasteiger partial charge in [0, 0.05) is 18.8 Å². The highest BCUT2D eigenvalue weighted by Crippen LogP contribution is 2.34. The average Bonchev–Trinajstić information content (AvgIpc) is 2.55. The first-order valence-electron chi connectivity index (χ1n) is 8.31. The monoisotopic (exact) mass is 312 g/mol. The predicted octanol–water partition coefficient (Wildman–Crippen LogP) is 3.75. The molecule has 1 aromatic heterocycles. The van der Waals surface area contributed by atoms with E-state index in [2.05, 4.69) is 34.1 Å². The van der Waals surface area contributed by atoms with Gasteiger partial charge in [-0.1, -0.05) is 6.07 Å². The Morgan fingerprint density at radius 3 is 2.39 bits per heavy atom. The van der Waals surface area contributed by atoms with Crippen LogP contribution in [0.1, 0.15) is 30.7 Å². The van der Waals surface area contributed by atoms with E-state index in [1.807, 2.05) is 26.8 Å². The summed E-state index contributed by atoms with van der Waals surface area (Å²) in [6.07, 6.45) is 0.997. The Hall–Kier alpha value is -2.23. The van der Waals surface area contributed by atoms with E-state index in [-0.39, 0.29) is 0 Å². The lowest BCUT2D eigenvalue weighted by atomic mass is 9.98. The third kappa shape index (κ3) is 3.41.